The van der Waals surface area contributed by atoms with Crippen molar-refractivity contribution in [1.82, 2.24) is 0 Å². The molecule has 13 nitrogen and oxygen atoms in total. The van der Waals surface area contributed by atoms with Crippen molar-refractivity contribution in [2.75, 3.05) is 0 Å². The predicted octanol–water partition coefficient (Wildman–Crippen LogP) is 33.7. The first-order valence-electron chi connectivity index (χ1n) is 50.6. The standard InChI is InChI=1S/C23H25NO2.C22H19N.C18H25N.C17H21NO2.C17H15NO2.C17H17N.C15H19N.4H2/c1-15-4-6-18(7-5-15)19-8-10-20(11-9-19)23(25)26-21-12-16(2)22(14-24)17(3)13-21;1-15-4-6-18(7-5-15)19-8-10-20(11-9-19)21-12-16(2)22(14-23)17(3)13-21;1-13-4-6-16(7-5-13)8-9-17-10-14(2)18(12-19)15(3)11-17;2*1-11-4-6-14(7-5-11)17(19)20-15-8-12(2)16(10-18)13(3)9-15;1-11-5-6-16(12(2)7-11)15-8-13(3)17(10-18)14(4)9-15;1-11-3-5-13(6-4-11)14-7-8-15(10-16)12(2)9-14;;;;/h8-13,15,18H,4-7H2,1-3H3;4-13H,1-3H3;10-11,13,16H,4-9H2,1-3H3;8-9,11,14H,4-7H2,1-3H3;4-9H,1-3H3;5-9H,1-4H3;7-9,11,13H,3-6H2,1-2H3;4*1H. The van der Waals surface area contributed by atoms with Crippen molar-refractivity contribution in [3.63, 3.8) is 0 Å². The lowest BCUT2D eigenvalue weighted by molar-refractivity contribution is -0.140. The average molecular weight is 1890 g/mol. The normalized spacial score (nSPS) is 17.0. The van der Waals surface area contributed by atoms with E-state index in [1.807, 2.05) is 113 Å². The summed E-state index contributed by atoms with van der Waals surface area (Å²) in [5.74, 6) is 6.30. The molecule has 0 N–H and O–H groups in total. The number of benzene rings is 12. The smallest absolute Gasteiger partial charge is 0.343 e. The van der Waals surface area contributed by atoms with E-state index in [-0.39, 0.29) is 23.6 Å². The largest absolute Gasteiger partial charge is 0.426 e. The van der Waals surface area contributed by atoms with Gasteiger partial charge in [0.05, 0.1) is 98.5 Å². The number of rotatable bonds is 14. The molecular weight excluding hydrogens is 1740 g/mol. The summed E-state index contributed by atoms with van der Waals surface area (Å²) in [6.07, 6.45) is 22.5. The second-order valence-corrected chi connectivity index (χ2v) is 40.7. The highest BCUT2D eigenvalue weighted by Gasteiger charge is 2.28. The third-order valence-electron chi connectivity index (χ3n) is 28.9. The maximum absolute atomic E-state index is 12.4. The number of carbonyl (C=O) groups is 3. The SMILES string of the molecule is Cc1cc(C2CCC(C)CC2)ccc1C#N.Cc1cc(CCC2CCC(C)CC2)cc(C)c1C#N.Cc1cc(OC(=O)C2CCC(C)CC2)cc(C)c1C#N.Cc1cc(OC(=O)c2ccc(C3CCC(C)CC3)cc2)cc(C)c1C#N.Cc1ccc(-c2cc(C)c(C#N)c(C)c2)c(C)c1.Cc1ccc(-c2ccc(-c3cc(C)c(C#N)c(C)c3)cc2)cc1.Cc1ccc(C(=O)Oc2cc(C)c(C#N)c(C)c2)cc1.[HH].[HH].[HH].[HH]. The van der Waals surface area contributed by atoms with Gasteiger partial charge in [-0.3, -0.25) is 4.79 Å². The van der Waals surface area contributed by atoms with Crippen molar-refractivity contribution >= 4 is 17.9 Å². The van der Waals surface area contributed by atoms with Crippen molar-refractivity contribution in [2.45, 2.75) is 273 Å². The van der Waals surface area contributed by atoms with Gasteiger partial charge in [0.25, 0.3) is 0 Å². The minimum absolute atomic E-state index is 0. The van der Waals surface area contributed by atoms with E-state index in [4.69, 9.17) is 45.8 Å². The van der Waals surface area contributed by atoms with Crippen molar-refractivity contribution < 1.29 is 34.3 Å². The van der Waals surface area contributed by atoms with Crippen LogP contribution < -0.4 is 14.2 Å². The van der Waals surface area contributed by atoms with Crippen LogP contribution in [0.3, 0.4) is 0 Å². The topological polar surface area (TPSA) is 245 Å². The molecule has 4 fully saturated rings. The van der Waals surface area contributed by atoms with Gasteiger partial charge in [0.1, 0.15) is 17.2 Å². The molecule has 12 aromatic carbocycles. The van der Waals surface area contributed by atoms with Crippen LogP contribution in [0.15, 0.2) is 206 Å². The molecule has 4 aliphatic rings. The molecule has 0 amide bonds. The number of carbonyl (C=O) groups excluding carboxylic acids is 3. The van der Waals surface area contributed by atoms with Gasteiger partial charge in [0.2, 0.25) is 0 Å². The van der Waals surface area contributed by atoms with Crippen LogP contribution in [0.25, 0.3) is 33.4 Å². The van der Waals surface area contributed by atoms with Gasteiger partial charge in [-0.05, 0) is 418 Å². The lowest BCUT2D eigenvalue weighted by Gasteiger charge is -2.26. The summed E-state index contributed by atoms with van der Waals surface area (Å²) in [6, 6.07) is 83.8. The molecule has 13 heteroatoms. The lowest BCUT2D eigenvalue weighted by Crippen LogP contribution is -2.25. The molecule has 16 rings (SSSR count). The quantitative estimate of drug-likeness (QED) is 0.0727. The van der Waals surface area contributed by atoms with E-state index in [0.29, 0.717) is 51.0 Å². The minimum atomic E-state index is -0.395. The summed E-state index contributed by atoms with van der Waals surface area (Å²) in [5.41, 5.74) is 35.0. The molecule has 0 spiro atoms. The maximum Gasteiger partial charge on any atom is 0.343 e. The molecule has 0 bridgehead atoms. The molecule has 142 heavy (non-hydrogen) atoms. The number of hydrogen-bond acceptors (Lipinski definition) is 13. The first kappa shape index (κ1) is 109. The van der Waals surface area contributed by atoms with Crippen LogP contribution in [-0.4, -0.2) is 17.9 Å². The van der Waals surface area contributed by atoms with E-state index < -0.39 is 5.97 Å². The summed E-state index contributed by atoms with van der Waals surface area (Å²) in [4.78, 5) is 36.6. The number of aryl methyl sites for hydroxylation is 18. The summed E-state index contributed by atoms with van der Waals surface area (Å²) in [6.45, 7) is 42.8. The zero-order valence-electron chi connectivity index (χ0n) is 87.6. The van der Waals surface area contributed by atoms with Crippen molar-refractivity contribution in [3.8, 4) is 93.1 Å². The third-order valence-corrected chi connectivity index (χ3v) is 28.9. The van der Waals surface area contributed by atoms with Crippen LogP contribution in [0, 0.1) is 233 Å². The molecule has 0 unspecified atom stereocenters. The van der Waals surface area contributed by atoms with Crippen LogP contribution in [-0.2, 0) is 11.2 Å². The molecule has 0 heterocycles. The number of nitrogens with zero attached hydrogens (tertiary/aromatic N) is 7. The van der Waals surface area contributed by atoms with Gasteiger partial charge >= 0.3 is 17.9 Å². The van der Waals surface area contributed by atoms with Gasteiger partial charge < -0.3 is 14.2 Å². The summed E-state index contributed by atoms with van der Waals surface area (Å²) >= 11 is 0. The Kier molecular flexibility index (Phi) is 40.6. The highest BCUT2D eigenvalue weighted by Crippen LogP contribution is 2.40. The van der Waals surface area contributed by atoms with Crippen LogP contribution >= 0.6 is 0 Å². The summed E-state index contributed by atoms with van der Waals surface area (Å²) < 4.78 is 16.4. The Labute approximate surface area is 852 Å². The van der Waals surface area contributed by atoms with Crippen LogP contribution in [0.4, 0.5) is 0 Å². The van der Waals surface area contributed by atoms with E-state index in [1.54, 1.807) is 48.5 Å². The average Bonchev–Trinajstić information content (AvgIpc) is 0.725. The summed E-state index contributed by atoms with van der Waals surface area (Å²) in [5, 5.41) is 63.5. The first-order valence-corrected chi connectivity index (χ1v) is 50.6. The maximum atomic E-state index is 12.4. The monoisotopic (exact) mass is 1890 g/mol. The molecule has 0 aliphatic heterocycles. The van der Waals surface area contributed by atoms with Gasteiger partial charge in [-0.15, -0.1) is 0 Å². The Bertz CT molecular complexity index is 6640. The molecule has 0 radical (unpaired) electrons. The summed E-state index contributed by atoms with van der Waals surface area (Å²) in [7, 11) is 0. The van der Waals surface area contributed by atoms with E-state index in [9.17, 15) is 19.6 Å². The molecule has 736 valence electrons. The van der Waals surface area contributed by atoms with Gasteiger partial charge in [0, 0.05) is 5.71 Å². The van der Waals surface area contributed by atoms with Crippen molar-refractivity contribution in [2.24, 2.45) is 35.5 Å². The third kappa shape index (κ3) is 31.0. The fourth-order valence-corrected chi connectivity index (χ4v) is 20.0. The van der Waals surface area contributed by atoms with Crippen LogP contribution in [0.5, 0.6) is 17.2 Å². The van der Waals surface area contributed by atoms with E-state index in [2.05, 4.69) is 232 Å². The number of ether oxygens (including phenoxy) is 3. The van der Waals surface area contributed by atoms with E-state index >= 15 is 0 Å². The minimum Gasteiger partial charge on any atom is -0.426 e. The second-order valence-electron chi connectivity index (χ2n) is 40.7. The zero-order chi connectivity index (χ0) is 103. The highest BCUT2D eigenvalue weighted by atomic mass is 16.5. The number of esters is 3. The van der Waals surface area contributed by atoms with E-state index in [1.165, 1.54) is 151 Å². The first-order chi connectivity index (χ1) is 67.9. The highest BCUT2D eigenvalue weighted by molar-refractivity contribution is 5.92. The van der Waals surface area contributed by atoms with E-state index in [0.717, 1.165) is 167 Å². The Morgan fingerprint density at radius 1 is 0.275 bits per heavy atom. The fraction of sp³-hybridized carbons (Fsp3) is 0.364. The zero-order valence-corrected chi connectivity index (χ0v) is 87.6. The molecule has 0 saturated heterocycles. The van der Waals surface area contributed by atoms with Crippen LogP contribution in [0.2, 0.25) is 0 Å². The van der Waals surface area contributed by atoms with Crippen LogP contribution in [0.1, 0.15) is 325 Å². The molecule has 4 saturated carbocycles. The van der Waals surface area contributed by atoms with Crippen molar-refractivity contribution in [3.05, 3.63) is 368 Å². The lowest BCUT2D eigenvalue weighted by atomic mass is 9.79. The number of nitriles is 7. The molecule has 0 atom stereocenters. The Balaban J connectivity index is 0.000000260. The Morgan fingerprint density at radius 2 is 0.577 bits per heavy atom. The predicted molar refractivity (Wildman–Crippen MR) is 583 cm³/mol. The van der Waals surface area contributed by atoms with Crippen molar-refractivity contribution in [1.29, 1.82) is 36.8 Å². The Hall–Kier alpha value is -14.5. The number of hydrogen-bond donors (Lipinski definition) is 0. The van der Waals surface area contributed by atoms with Gasteiger partial charge in [-0.25, -0.2) is 9.59 Å². The molecular formula is C129H149N7O6. The molecule has 12 aromatic rings. The molecule has 4 aliphatic carbocycles. The fourth-order valence-electron chi connectivity index (χ4n) is 20.0. The molecule has 0 aromatic heterocycles. The van der Waals surface area contributed by atoms with Gasteiger partial charge in [-0.2, -0.15) is 36.8 Å². The Morgan fingerprint density at radius 3 is 0.944 bits per heavy atom. The van der Waals surface area contributed by atoms with Gasteiger partial charge in [0.15, 0.2) is 0 Å². The van der Waals surface area contributed by atoms with Gasteiger partial charge in [-0.1, -0.05) is 235 Å². The second kappa shape index (κ2) is 52.7.